The fourth-order valence-electron chi connectivity index (χ4n) is 3.57. The molecular weight excluding hydrogens is 393 g/mol. The number of aromatic nitrogens is 4. The first kappa shape index (κ1) is 19.5. The molecule has 1 N–H and O–H groups in total. The predicted molar refractivity (Wildman–Crippen MR) is 108 cm³/mol. The number of nitrogens with zero attached hydrogens (tertiary/aromatic N) is 4. The molecule has 0 unspecified atom stereocenters. The average molecular weight is 413 g/mol. The molecule has 2 aromatic carbocycles. The average Bonchev–Trinajstić information content (AvgIpc) is 3.24. The van der Waals surface area contributed by atoms with Gasteiger partial charge in [-0.05, 0) is 65.4 Å². The van der Waals surface area contributed by atoms with Crippen LogP contribution in [0.2, 0.25) is 0 Å². The highest BCUT2D eigenvalue weighted by atomic mass is 32.2. The van der Waals surface area contributed by atoms with Crippen LogP contribution in [0.1, 0.15) is 18.4 Å². The lowest BCUT2D eigenvalue weighted by Gasteiger charge is -2.36. The van der Waals surface area contributed by atoms with Gasteiger partial charge >= 0.3 is 0 Å². The van der Waals surface area contributed by atoms with E-state index in [4.69, 9.17) is 4.74 Å². The molecule has 3 aromatic rings. The molecule has 1 aliphatic rings. The summed E-state index contributed by atoms with van der Waals surface area (Å²) in [4.78, 5) is 13.4. The van der Waals surface area contributed by atoms with Gasteiger partial charge in [0, 0.05) is 18.9 Å². The number of benzene rings is 2. The Morgan fingerprint density at radius 2 is 1.97 bits per heavy atom. The van der Waals surface area contributed by atoms with E-state index in [1.54, 1.807) is 16.8 Å². The summed E-state index contributed by atoms with van der Waals surface area (Å²) in [6.45, 7) is 0.957. The molecule has 1 aliphatic heterocycles. The number of tetrazole rings is 1. The minimum Gasteiger partial charge on any atom is -0.381 e. The Balaban J connectivity index is 1.63. The van der Waals surface area contributed by atoms with Crippen molar-refractivity contribution in [1.82, 2.24) is 20.2 Å². The molecule has 1 saturated heterocycles. The number of rotatable bonds is 5. The van der Waals surface area contributed by atoms with Crippen molar-refractivity contribution in [3.8, 4) is 5.69 Å². The molecule has 1 aromatic heterocycles. The van der Waals surface area contributed by atoms with E-state index in [-0.39, 0.29) is 11.7 Å². The fourth-order valence-corrected chi connectivity index (χ4v) is 4.00. The van der Waals surface area contributed by atoms with Gasteiger partial charge < -0.3 is 10.1 Å². The number of nitrogens with one attached hydrogen (secondary N) is 1. The predicted octanol–water partition coefficient (Wildman–Crippen LogP) is 3.21. The SMILES string of the molecule is CSc1nnnn1-c1cccc(NC(=O)C2(c3ccc(F)cc3)CCOCC2)c1. The number of halogens is 1. The van der Waals surface area contributed by atoms with E-state index in [0.717, 1.165) is 11.3 Å². The molecule has 0 aliphatic carbocycles. The van der Waals surface area contributed by atoms with E-state index < -0.39 is 5.41 Å². The van der Waals surface area contributed by atoms with Gasteiger partial charge in [0.05, 0.1) is 11.1 Å². The standard InChI is InChI=1S/C20H20FN5O2S/c1-29-19-23-24-25-26(19)17-4-2-3-16(13-17)22-18(27)20(9-11-28-12-10-20)14-5-7-15(21)8-6-14/h2-8,13H,9-12H2,1H3,(H,22,27). The summed E-state index contributed by atoms with van der Waals surface area (Å²) in [5.74, 6) is -0.457. The summed E-state index contributed by atoms with van der Waals surface area (Å²) in [7, 11) is 0. The lowest BCUT2D eigenvalue weighted by molar-refractivity contribution is -0.125. The van der Waals surface area contributed by atoms with Crippen molar-refractivity contribution in [2.45, 2.75) is 23.4 Å². The zero-order valence-corrected chi connectivity index (χ0v) is 16.7. The Hall–Kier alpha value is -2.78. The highest BCUT2D eigenvalue weighted by Crippen LogP contribution is 2.36. The van der Waals surface area contributed by atoms with Crippen molar-refractivity contribution in [1.29, 1.82) is 0 Å². The Bertz CT molecular complexity index is 1000. The van der Waals surface area contributed by atoms with Crippen LogP contribution in [0.5, 0.6) is 0 Å². The maximum absolute atomic E-state index is 13.4. The van der Waals surface area contributed by atoms with Crippen molar-refractivity contribution in [3.05, 3.63) is 59.9 Å². The van der Waals surface area contributed by atoms with Crippen LogP contribution in [-0.4, -0.2) is 45.6 Å². The third-order valence-corrected chi connectivity index (χ3v) is 5.77. The molecule has 2 heterocycles. The number of thioether (sulfide) groups is 1. The van der Waals surface area contributed by atoms with Crippen molar-refractivity contribution < 1.29 is 13.9 Å². The van der Waals surface area contributed by atoms with E-state index in [9.17, 15) is 9.18 Å². The van der Waals surface area contributed by atoms with Crippen LogP contribution in [-0.2, 0) is 14.9 Å². The van der Waals surface area contributed by atoms with Gasteiger partial charge in [-0.15, -0.1) is 5.10 Å². The molecule has 150 valence electrons. The maximum atomic E-state index is 13.4. The van der Waals surface area contributed by atoms with Gasteiger partial charge in [0.2, 0.25) is 11.1 Å². The number of ether oxygens (including phenoxy) is 1. The molecule has 0 radical (unpaired) electrons. The first-order valence-corrected chi connectivity index (χ1v) is 10.4. The van der Waals surface area contributed by atoms with Crippen molar-refractivity contribution in [2.75, 3.05) is 24.8 Å². The highest BCUT2D eigenvalue weighted by molar-refractivity contribution is 7.98. The third kappa shape index (κ3) is 3.88. The fraction of sp³-hybridized carbons (Fsp3) is 0.300. The highest BCUT2D eigenvalue weighted by Gasteiger charge is 2.41. The second-order valence-corrected chi connectivity index (χ2v) is 7.56. The molecule has 0 bridgehead atoms. The lowest BCUT2D eigenvalue weighted by atomic mass is 9.73. The summed E-state index contributed by atoms with van der Waals surface area (Å²) in [6.07, 6.45) is 2.97. The van der Waals surface area contributed by atoms with Crippen LogP contribution >= 0.6 is 11.8 Å². The summed E-state index contributed by atoms with van der Waals surface area (Å²) in [5, 5.41) is 15.4. The van der Waals surface area contributed by atoms with Crippen LogP contribution in [0.4, 0.5) is 10.1 Å². The molecule has 4 rings (SSSR count). The molecule has 0 atom stereocenters. The number of hydrogen-bond acceptors (Lipinski definition) is 6. The molecule has 1 amide bonds. The summed E-state index contributed by atoms with van der Waals surface area (Å²) in [6, 6.07) is 13.5. The Labute approximate surface area is 171 Å². The number of carbonyl (C=O) groups excluding carboxylic acids is 1. The van der Waals surface area contributed by atoms with Crippen molar-refractivity contribution in [3.63, 3.8) is 0 Å². The lowest BCUT2D eigenvalue weighted by Crippen LogP contribution is -2.44. The molecule has 0 saturated carbocycles. The monoisotopic (exact) mass is 413 g/mol. The van der Waals surface area contributed by atoms with E-state index >= 15 is 0 Å². The van der Waals surface area contributed by atoms with Gasteiger partial charge in [-0.25, -0.2) is 4.39 Å². The van der Waals surface area contributed by atoms with Gasteiger partial charge in [0.15, 0.2) is 0 Å². The van der Waals surface area contributed by atoms with Crippen LogP contribution in [0.25, 0.3) is 5.69 Å². The van der Waals surface area contributed by atoms with Crippen molar-refractivity contribution in [2.24, 2.45) is 0 Å². The van der Waals surface area contributed by atoms with Gasteiger partial charge in [-0.2, -0.15) is 4.68 Å². The Morgan fingerprint density at radius 1 is 1.21 bits per heavy atom. The zero-order valence-electron chi connectivity index (χ0n) is 15.8. The number of anilines is 1. The quantitative estimate of drug-likeness (QED) is 0.647. The van der Waals surface area contributed by atoms with Gasteiger partial charge in [-0.1, -0.05) is 30.0 Å². The van der Waals surface area contributed by atoms with E-state index in [1.807, 2.05) is 30.5 Å². The first-order chi connectivity index (χ1) is 14.1. The number of carbonyl (C=O) groups is 1. The molecule has 0 spiro atoms. The van der Waals surface area contributed by atoms with Crippen LogP contribution in [0, 0.1) is 5.82 Å². The summed E-state index contributed by atoms with van der Waals surface area (Å²) < 4.78 is 20.5. The number of hydrogen-bond donors (Lipinski definition) is 1. The normalized spacial score (nSPS) is 15.8. The third-order valence-electron chi connectivity index (χ3n) is 5.15. The summed E-state index contributed by atoms with van der Waals surface area (Å²) >= 11 is 1.43. The topological polar surface area (TPSA) is 81.9 Å². The largest absolute Gasteiger partial charge is 0.381 e. The van der Waals surface area contributed by atoms with Gasteiger partial charge in [-0.3, -0.25) is 4.79 Å². The van der Waals surface area contributed by atoms with Gasteiger partial charge in [0.25, 0.3) is 0 Å². The van der Waals surface area contributed by atoms with E-state index in [1.165, 1.54) is 23.9 Å². The molecule has 7 nitrogen and oxygen atoms in total. The molecule has 1 fully saturated rings. The van der Waals surface area contributed by atoms with E-state index in [2.05, 4.69) is 20.8 Å². The first-order valence-electron chi connectivity index (χ1n) is 9.20. The van der Waals surface area contributed by atoms with Gasteiger partial charge in [0.1, 0.15) is 5.82 Å². The smallest absolute Gasteiger partial charge is 0.235 e. The van der Waals surface area contributed by atoms with E-state index in [0.29, 0.717) is 36.9 Å². The molecule has 9 heteroatoms. The molecular formula is C20H20FN5O2S. The number of amides is 1. The minimum atomic E-state index is -0.763. The zero-order chi connectivity index (χ0) is 20.3. The summed E-state index contributed by atoms with van der Waals surface area (Å²) in [5.41, 5.74) is 1.42. The Morgan fingerprint density at radius 3 is 2.69 bits per heavy atom. The second-order valence-electron chi connectivity index (χ2n) is 6.78. The van der Waals surface area contributed by atoms with Crippen molar-refractivity contribution >= 4 is 23.4 Å². The maximum Gasteiger partial charge on any atom is 0.235 e. The minimum absolute atomic E-state index is 0.133. The Kier molecular flexibility index (Phi) is 5.59. The van der Waals surface area contributed by atoms with Crippen LogP contribution in [0.15, 0.2) is 53.7 Å². The van der Waals surface area contributed by atoms with Crippen LogP contribution in [0.3, 0.4) is 0 Å². The van der Waals surface area contributed by atoms with Crippen LogP contribution < -0.4 is 5.32 Å². The molecule has 29 heavy (non-hydrogen) atoms. The second kappa shape index (κ2) is 8.30.